The van der Waals surface area contributed by atoms with Crippen LogP contribution in [0.1, 0.15) is 0 Å². The van der Waals surface area contributed by atoms with Crippen molar-refractivity contribution in [3.8, 4) is 11.5 Å². The van der Waals surface area contributed by atoms with Crippen LogP contribution < -0.4 is 0 Å². The number of phenols is 2. The van der Waals surface area contributed by atoms with Crippen LogP contribution in [-0.4, -0.2) is 25.4 Å². The first kappa shape index (κ1) is 9.13. The highest BCUT2D eigenvalue weighted by Gasteiger charge is 1.99. The first-order valence-corrected chi connectivity index (χ1v) is 4.05. The van der Waals surface area contributed by atoms with Gasteiger partial charge in [0.05, 0.1) is 5.69 Å². The van der Waals surface area contributed by atoms with Crippen molar-refractivity contribution in [1.82, 2.24) is 15.2 Å². The van der Waals surface area contributed by atoms with E-state index in [9.17, 15) is 0 Å². The zero-order valence-corrected chi connectivity index (χ0v) is 7.49. The summed E-state index contributed by atoms with van der Waals surface area (Å²) in [4.78, 5) is 3.73. The quantitative estimate of drug-likeness (QED) is 0.511. The molecule has 0 spiro atoms. The molecule has 0 aliphatic carbocycles. The summed E-state index contributed by atoms with van der Waals surface area (Å²) in [7, 11) is 0. The Morgan fingerprint density at radius 3 is 2.67 bits per heavy atom. The molecule has 0 unspecified atom stereocenters. The number of nitrogens with one attached hydrogen (secondary N) is 1. The first-order valence-electron chi connectivity index (χ1n) is 4.05. The summed E-state index contributed by atoms with van der Waals surface area (Å²) >= 11 is 0. The number of azo groups is 1. The highest BCUT2D eigenvalue weighted by molar-refractivity contribution is 5.49. The summed E-state index contributed by atoms with van der Waals surface area (Å²) in [6, 6.07) is 4.12. The molecule has 0 amide bonds. The van der Waals surface area contributed by atoms with Gasteiger partial charge in [-0.05, 0) is 12.1 Å². The van der Waals surface area contributed by atoms with E-state index in [2.05, 4.69) is 25.4 Å². The summed E-state index contributed by atoms with van der Waals surface area (Å²) in [6.07, 6.45) is 1.31. The number of benzene rings is 1. The molecule has 2 aromatic rings. The molecule has 0 saturated carbocycles. The van der Waals surface area contributed by atoms with Crippen molar-refractivity contribution in [2.75, 3.05) is 0 Å². The van der Waals surface area contributed by atoms with Crippen LogP contribution in [0.25, 0.3) is 0 Å². The van der Waals surface area contributed by atoms with Crippen molar-refractivity contribution in [2.45, 2.75) is 0 Å². The summed E-state index contributed by atoms with van der Waals surface area (Å²) < 4.78 is 0. The van der Waals surface area contributed by atoms with Gasteiger partial charge >= 0.3 is 0 Å². The fourth-order valence-electron chi connectivity index (χ4n) is 0.926. The molecule has 0 aliphatic rings. The lowest BCUT2D eigenvalue weighted by molar-refractivity contribution is 0.404. The third-order valence-electron chi connectivity index (χ3n) is 1.62. The number of hydrogen-bond donors (Lipinski definition) is 3. The van der Waals surface area contributed by atoms with E-state index in [-0.39, 0.29) is 17.4 Å². The highest BCUT2D eigenvalue weighted by Crippen LogP contribution is 2.29. The molecule has 7 nitrogen and oxygen atoms in total. The monoisotopic (exact) mass is 205 g/mol. The Balaban J connectivity index is 2.21. The minimum absolute atomic E-state index is 0.200. The summed E-state index contributed by atoms with van der Waals surface area (Å²) in [6.45, 7) is 0. The van der Waals surface area contributed by atoms with Crippen molar-refractivity contribution in [3.63, 3.8) is 0 Å². The van der Waals surface area contributed by atoms with Crippen LogP contribution in [0.5, 0.6) is 11.5 Å². The SMILES string of the molecule is Oc1ccc(N=Nc2ncn[nH]2)cc1O. The number of rotatable bonds is 2. The summed E-state index contributed by atoms with van der Waals surface area (Å²) in [5.74, 6) is -0.180. The molecule has 15 heavy (non-hydrogen) atoms. The van der Waals surface area contributed by atoms with Crippen LogP contribution in [0.2, 0.25) is 0 Å². The molecule has 7 heteroatoms. The third-order valence-corrected chi connectivity index (χ3v) is 1.62. The molecule has 3 N–H and O–H groups in total. The normalized spacial score (nSPS) is 10.9. The molecule has 1 heterocycles. The van der Waals surface area contributed by atoms with Crippen LogP contribution in [-0.2, 0) is 0 Å². The molecule has 0 saturated heterocycles. The van der Waals surface area contributed by atoms with Gasteiger partial charge in [0.1, 0.15) is 6.33 Å². The lowest BCUT2D eigenvalue weighted by atomic mass is 10.3. The van der Waals surface area contributed by atoms with Crippen molar-refractivity contribution in [1.29, 1.82) is 0 Å². The van der Waals surface area contributed by atoms with Crippen molar-refractivity contribution >= 4 is 11.6 Å². The van der Waals surface area contributed by atoms with Gasteiger partial charge in [0, 0.05) is 6.07 Å². The Kier molecular flexibility index (Phi) is 2.28. The smallest absolute Gasteiger partial charge is 0.264 e. The molecule has 0 fully saturated rings. The molecule has 0 radical (unpaired) electrons. The number of hydrogen-bond acceptors (Lipinski definition) is 6. The molecule has 2 rings (SSSR count). The van der Waals surface area contributed by atoms with Crippen LogP contribution in [0, 0.1) is 0 Å². The van der Waals surface area contributed by atoms with Gasteiger partial charge in [-0.3, -0.25) is 0 Å². The predicted octanol–water partition coefficient (Wildman–Crippen LogP) is 1.63. The largest absolute Gasteiger partial charge is 0.504 e. The molecule has 0 aliphatic heterocycles. The Labute approximate surface area is 84.1 Å². The van der Waals surface area contributed by atoms with Crippen LogP contribution >= 0.6 is 0 Å². The maximum absolute atomic E-state index is 9.17. The van der Waals surface area contributed by atoms with Gasteiger partial charge in [-0.15, -0.1) is 10.2 Å². The molecule has 0 atom stereocenters. The van der Waals surface area contributed by atoms with E-state index in [1.165, 1.54) is 24.5 Å². The Morgan fingerprint density at radius 2 is 2.00 bits per heavy atom. The van der Waals surface area contributed by atoms with Gasteiger partial charge in [-0.1, -0.05) is 0 Å². The maximum Gasteiger partial charge on any atom is 0.264 e. The van der Waals surface area contributed by atoms with E-state index in [0.717, 1.165) is 0 Å². The van der Waals surface area contributed by atoms with E-state index in [0.29, 0.717) is 5.69 Å². The molecular weight excluding hydrogens is 198 g/mol. The van der Waals surface area contributed by atoms with E-state index in [1.807, 2.05) is 0 Å². The average Bonchev–Trinajstić information content (AvgIpc) is 2.73. The van der Waals surface area contributed by atoms with Crippen molar-refractivity contribution < 1.29 is 10.2 Å². The second kappa shape index (κ2) is 3.74. The zero-order valence-electron chi connectivity index (χ0n) is 7.49. The van der Waals surface area contributed by atoms with E-state index >= 15 is 0 Å². The zero-order chi connectivity index (χ0) is 10.7. The average molecular weight is 205 g/mol. The Morgan fingerprint density at radius 1 is 1.13 bits per heavy atom. The van der Waals surface area contributed by atoms with Gasteiger partial charge in [0.2, 0.25) is 0 Å². The third kappa shape index (κ3) is 2.08. The number of aromatic nitrogens is 3. The van der Waals surface area contributed by atoms with Gasteiger partial charge < -0.3 is 10.2 Å². The summed E-state index contributed by atoms with van der Waals surface area (Å²) in [5, 5.41) is 31.8. The molecular formula is C8H7N5O2. The number of nitrogens with zero attached hydrogens (tertiary/aromatic N) is 4. The topological polar surface area (TPSA) is 107 Å². The fourth-order valence-corrected chi connectivity index (χ4v) is 0.926. The highest BCUT2D eigenvalue weighted by atomic mass is 16.3. The number of phenolic OH excluding ortho intramolecular Hbond substituents is 2. The van der Waals surface area contributed by atoms with Crippen LogP contribution in [0.15, 0.2) is 34.8 Å². The van der Waals surface area contributed by atoms with E-state index in [4.69, 9.17) is 10.2 Å². The number of aromatic amines is 1. The van der Waals surface area contributed by atoms with Gasteiger partial charge in [-0.25, -0.2) is 5.10 Å². The lowest BCUT2D eigenvalue weighted by Gasteiger charge is -1.96. The predicted molar refractivity (Wildman–Crippen MR) is 50.3 cm³/mol. The van der Waals surface area contributed by atoms with Crippen LogP contribution in [0.4, 0.5) is 11.6 Å². The molecule has 1 aromatic carbocycles. The van der Waals surface area contributed by atoms with E-state index in [1.54, 1.807) is 0 Å². The first-order chi connectivity index (χ1) is 7.25. The lowest BCUT2D eigenvalue weighted by Crippen LogP contribution is -1.69. The maximum atomic E-state index is 9.17. The Bertz CT molecular complexity index is 480. The van der Waals surface area contributed by atoms with Crippen molar-refractivity contribution in [2.24, 2.45) is 10.2 Å². The molecule has 76 valence electrons. The van der Waals surface area contributed by atoms with Gasteiger partial charge in [-0.2, -0.15) is 10.1 Å². The number of aromatic hydroxyl groups is 2. The van der Waals surface area contributed by atoms with Gasteiger partial charge in [0.25, 0.3) is 5.95 Å². The number of H-pyrrole nitrogens is 1. The fraction of sp³-hybridized carbons (Fsp3) is 0. The molecule has 1 aromatic heterocycles. The Hall–Kier alpha value is -2.44. The van der Waals surface area contributed by atoms with E-state index < -0.39 is 0 Å². The second-order valence-corrected chi connectivity index (χ2v) is 2.68. The second-order valence-electron chi connectivity index (χ2n) is 2.68. The van der Waals surface area contributed by atoms with Crippen molar-refractivity contribution in [3.05, 3.63) is 24.5 Å². The molecule has 0 bridgehead atoms. The minimum Gasteiger partial charge on any atom is -0.504 e. The minimum atomic E-state index is -0.246. The summed E-state index contributed by atoms with van der Waals surface area (Å²) in [5.41, 5.74) is 0.404. The standard InChI is InChI=1S/C8H7N5O2/c14-6-2-1-5(3-7(6)15)11-13-8-9-4-10-12-8/h1-4,14-15H,(H,9,10,12). The van der Waals surface area contributed by atoms with Crippen LogP contribution in [0.3, 0.4) is 0 Å². The van der Waals surface area contributed by atoms with Gasteiger partial charge in [0.15, 0.2) is 11.5 Å².